The molecule has 0 amide bonds. The molecule has 2 fully saturated rings. The summed E-state index contributed by atoms with van der Waals surface area (Å²) >= 11 is 0. The molecule has 50 heavy (non-hydrogen) atoms. The molecule has 20 nitrogen and oxygen atoms in total. The van der Waals surface area contributed by atoms with Crippen molar-refractivity contribution in [1.82, 2.24) is 0 Å². The number of hydrogen-bond acceptors (Lipinski definition) is 18. The standard InChI is InChI=1S/C30H32O20/c31-7-17-22(39)24(41)26(43)30(49-17)48-16-5-11-14(46-28(16)9-1-12(33)21(38)13(34)2-9)3-10(32)4-15(11)47-29-27(44)25(42)23(40)18(50-29)8-45-20(37)6-19(35)36/h1-5,17-18,22-27,29-31,39-44H,6-8H2,(H4-,32,33,34,35,36,38)/p+1/t17-,18-,22-,23-,24-,25-,26-,27-,29-,30-/m1/s1. The number of fused-ring (bicyclic) bond motifs is 1. The Morgan fingerprint density at radius 1 is 0.720 bits per heavy atom. The minimum Gasteiger partial charge on any atom is -0.507 e. The van der Waals surface area contributed by atoms with Crippen LogP contribution in [0.25, 0.3) is 22.3 Å². The van der Waals surface area contributed by atoms with E-state index in [9.17, 15) is 65.8 Å². The van der Waals surface area contributed by atoms with Crippen LogP contribution in [-0.2, 0) is 23.8 Å². The van der Waals surface area contributed by atoms with E-state index in [1.807, 2.05) is 0 Å². The summed E-state index contributed by atoms with van der Waals surface area (Å²) in [6.07, 6.45) is -18.9. The van der Waals surface area contributed by atoms with Crippen molar-refractivity contribution in [1.29, 1.82) is 0 Å². The number of carbonyl (C=O) groups is 2. The number of aromatic hydroxyl groups is 4. The van der Waals surface area contributed by atoms with Crippen molar-refractivity contribution in [3.8, 4) is 45.8 Å². The van der Waals surface area contributed by atoms with Crippen molar-refractivity contribution >= 4 is 22.9 Å². The topological polar surface area (TPSA) is 334 Å². The number of carbonyl (C=O) groups excluding carboxylic acids is 1. The Hall–Kier alpha value is -4.77. The number of carboxylic acids is 1. The molecule has 2 aliphatic rings. The van der Waals surface area contributed by atoms with Crippen LogP contribution in [0.15, 0.2) is 34.7 Å². The lowest BCUT2D eigenvalue weighted by molar-refractivity contribution is -0.278. The second kappa shape index (κ2) is 14.6. The molecule has 0 unspecified atom stereocenters. The monoisotopic (exact) mass is 713 g/mol. The van der Waals surface area contributed by atoms with Crippen molar-refractivity contribution in [2.24, 2.45) is 0 Å². The summed E-state index contributed by atoms with van der Waals surface area (Å²) in [6.45, 7) is -1.57. The predicted molar refractivity (Wildman–Crippen MR) is 158 cm³/mol. The molecule has 2 saturated heterocycles. The van der Waals surface area contributed by atoms with Gasteiger partial charge in [0.25, 0.3) is 0 Å². The highest BCUT2D eigenvalue weighted by Gasteiger charge is 2.47. The van der Waals surface area contributed by atoms with Gasteiger partial charge in [0, 0.05) is 24.3 Å². The molecule has 10 atom stereocenters. The van der Waals surface area contributed by atoms with Gasteiger partial charge in [0.05, 0.1) is 18.2 Å². The highest BCUT2D eigenvalue weighted by atomic mass is 16.7. The van der Waals surface area contributed by atoms with Gasteiger partial charge in [0.15, 0.2) is 17.2 Å². The average Bonchev–Trinajstić information content (AvgIpc) is 3.06. The first-order valence-electron chi connectivity index (χ1n) is 14.7. The number of aliphatic carboxylic acids is 1. The number of phenols is 4. The van der Waals surface area contributed by atoms with Crippen LogP contribution in [0.1, 0.15) is 6.42 Å². The Morgan fingerprint density at radius 2 is 1.28 bits per heavy atom. The Bertz CT molecular complexity index is 1710. The number of rotatable bonds is 10. The van der Waals surface area contributed by atoms with Gasteiger partial charge in [-0.25, -0.2) is 4.42 Å². The summed E-state index contributed by atoms with van der Waals surface area (Å²) in [5.41, 5.74) is -0.373. The molecule has 272 valence electrons. The molecule has 5 rings (SSSR count). The van der Waals surface area contributed by atoms with Crippen LogP contribution < -0.4 is 9.47 Å². The second-order valence-corrected chi connectivity index (χ2v) is 11.4. The van der Waals surface area contributed by atoms with Crippen LogP contribution in [0.2, 0.25) is 0 Å². The molecule has 0 radical (unpaired) electrons. The molecule has 20 heteroatoms. The van der Waals surface area contributed by atoms with Gasteiger partial charge >= 0.3 is 23.3 Å². The first-order chi connectivity index (χ1) is 23.6. The fourth-order valence-electron chi connectivity index (χ4n) is 5.21. The van der Waals surface area contributed by atoms with E-state index < -0.39 is 122 Å². The zero-order valence-corrected chi connectivity index (χ0v) is 25.4. The number of esters is 1. The van der Waals surface area contributed by atoms with Crippen molar-refractivity contribution in [2.45, 2.75) is 67.8 Å². The van der Waals surface area contributed by atoms with E-state index in [0.29, 0.717) is 0 Å². The van der Waals surface area contributed by atoms with E-state index in [4.69, 9.17) is 33.2 Å². The normalized spacial score (nSPS) is 29.7. The predicted octanol–water partition coefficient (Wildman–Crippen LogP) is -2.41. The van der Waals surface area contributed by atoms with E-state index in [2.05, 4.69) is 0 Å². The summed E-state index contributed by atoms with van der Waals surface area (Å²) in [4.78, 5) is 22.5. The van der Waals surface area contributed by atoms with Crippen molar-refractivity contribution < 1.29 is 99.0 Å². The van der Waals surface area contributed by atoms with Crippen LogP contribution in [0.3, 0.4) is 0 Å². The zero-order chi connectivity index (χ0) is 36.6. The van der Waals surface area contributed by atoms with Crippen LogP contribution in [-0.4, -0.2) is 148 Å². The molecule has 3 aromatic rings. The van der Waals surface area contributed by atoms with E-state index in [-0.39, 0.29) is 28.0 Å². The number of carboxylic acid groups (broad SMARTS) is 1. The number of aliphatic hydroxyl groups is 7. The van der Waals surface area contributed by atoms with Gasteiger partial charge in [0.2, 0.25) is 18.3 Å². The fourth-order valence-corrected chi connectivity index (χ4v) is 5.21. The summed E-state index contributed by atoms with van der Waals surface area (Å²) in [7, 11) is 0. The highest BCUT2D eigenvalue weighted by molar-refractivity contribution is 5.90. The summed E-state index contributed by atoms with van der Waals surface area (Å²) < 4.78 is 33.2. The summed E-state index contributed by atoms with van der Waals surface area (Å²) in [5.74, 6) is -6.78. The molecule has 0 aliphatic carbocycles. The average molecular weight is 714 g/mol. The highest BCUT2D eigenvalue weighted by Crippen LogP contribution is 2.45. The van der Waals surface area contributed by atoms with Gasteiger partial charge < -0.3 is 85.0 Å². The molecule has 12 N–H and O–H groups in total. The maximum atomic E-state index is 11.7. The summed E-state index contributed by atoms with van der Waals surface area (Å²) in [6, 6.07) is 5.12. The molecule has 0 saturated carbocycles. The van der Waals surface area contributed by atoms with Crippen LogP contribution in [0.5, 0.6) is 34.5 Å². The van der Waals surface area contributed by atoms with Crippen LogP contribution >= 0.6 is 0 Å². The minimum absolute atomic E-state index is 0.0980. The number of aliphatic hydroxyl groups excluding tert-OH is 7. The molecule has 0 bridgehead atoms. The van der Waals surface area contributed by atoms with E-state index in [1.165, 1.54) is 0 Å². The maximum Gasteiger partial charge on any atom is 0.402 e. The van der Waals surface area contributed by atoms with Gasteiger partial charge in [-0.2, -0.15) is 0 Å². The lowest BCUT2D eigenvalue weighted by Gasteiger charge is -2.40. The Balaban J connectivity index is 1.55. The van der Waals surface area contributed by atoms with Gasteiger partial charge in [-0.15, -0.1) is 0 Å². The fraction of sp³-hybridized carbons (Fsp3) is 0.433. The first kappa shape index (κ1) is 36.5. The van der Waals surface area contributed by atoms with Crippen molar-refractivity contribution in [3.63, 3.8) is 0 Å². The largest absolute Gasteiger partial charge is 0.507 e. The summed E-state index contributed by atoms with van der Waals surface area (Å²) in [5, 5.41) is 122. The van der Waals surface area contributed by atoms with Crippen molar-refractivity contribution in [2.75, 3.05) is 13.2 Å². The van der Waals surface area contributed by atoms with E-state index in [1.54, 1.807) is 0 Å². The number of benzene rings is 2. The molecule has 2 aromatic carbocycles. The van der Waals surface area contributed by atoms with E-state index >= 15 is 0 Å². The Kier molecular flexibility index (Phi) is 10.7. The molecule has 0 spiro atoms. The number of hydrogen-bond donors (Lipinski definition) is 12. The zero-order valence-electron chi connectivity index (χ0n) is 25.4. The smallest absolute Gasteiger partial charge is 0.402 e. The first-order valence-corrected chi connectivity index (χ1v) is 14.7. The number of ether oxygens (including phenoxy) is 5. The third kappa shape index (κ3) is 7.38. The lowest BCUT2D eigenvalue weighted by Crippen LogP contribution is -2.60. The Morgan fingerprint density at radius 3 is 1.86 bits per heavy atom. The molecular weight excluding hydrogens is 680 g/mol. The minimum atomic E-state index is -1.96. The molecule has 2 aliphatic heterocycles. The molecular formula is C30H33O20+. The molecule has 1 aromatic heterocycles. The third-order valence-electron chi connectivity index (χ3n) is 7.84. The Labute approximate surface area is 279 Å². The van der Waals surface area contributed by atoms with Crippen molar-refractivity contribution in [3.05, 3.63) is 30.3 Å². The van der Waals surface area contributed by atoms with Gasteiger partial charge in [-0.05, 0) is 0 Å². The van der Waals surface area contributed by atoms with Gasteiger partial charge in [-0.1, -0.05) is 0 Å². The van der Waals surface area contributed by atoms with Crippen LogP contribution in [0, 0.1) is 0 Å². The second-order valence-electron chi connectivity index (χ2n) is 11.4. The quantitative estimate of drug-likeness (QED) is 0.0450. The van der Waals surface area contributed by atoms with Gasteiger partial charge in [0.1, 0.15) is 78.7 Å². The van der Waals surface area contributed by atoms with Crippen LogP contribution in [0.4, 0.5) is 0 Å². The number of phenolic OH excluding ortho intramolecular Hbond substituents is 4. The lowest BCUT2D eigenvalue weighted by atomic mass is 9.99. The third-order valence-corrected chi connectivity index (χ3v) is 7.84. The van der Waals surface area contributed by atoms with E-state index in [0.717, 1.165) is 30.3 Å². The SMILES string of the molecule is O=C(O)CC(=O)OC[C@H]1O[C@@H](Oc2cc(O)cc3[o+]c(-c4cc(O)c(O)c(O)c4)c(O[C@@H]4O[C@H](CO)[C@@H](O)[C@@H](O)[C@H]4O)cc23)[C@H](O)[C@H](O)[C@@H]1O. The maximum absolute atomic E-state index is 11.7. The van der Waals surface area contributed by atoms with Gasteiger partial charge in [-0.3, -0.25) is 9.59 Å². The molecule has 3 heterocycles.